The molecule has 0 aliphatic carbocycles. The SMILES string of the molecule is CC(C)(C)c1ccc(N2c3[c-]c(N(c4[c-]c(N5[CH-]N(c6c(-c7cccc(-c8ccccc8)c7)cc(C(C)(C)C)cc6-c6cccc(-c7ccccc7)c6)c6cc(C(C)(C)C)ccc65)cc(-c5cc(-c6ccccc6)cc(-c6ccccc6)c5)c4)c4ccccc4)ccc3-c3ccccc3-c3ccccc32)nc1.[Pt]. The van der Waals surface area contributed by atoms with Gasteiger partial charge in [0.2, 0.25) is 0 Å². The van der Waals surface area contributed by atoms with Gasteiger partial charge in [-0.2, -0.15) is 6.07 Å². The normalized spacial score (nSPS) is 12.5. The molecule has 0 bridgehead atoms. The number of aromatic nitrogens is 1. The molecule has 108 heavy (non-hydrogen) atoms. The van der Waals surface area contributed by atoms with E-state index in [2.05, 4.69) is 434 Å². The van der Waals surface area contributed by atoms with Crippen molar-refractivity contribution >= 4 is 57.0 Å². The zero-order chi connectivity index (χ0) is 73.1. The minimum Gasteiger partial charge on any atom is -0.493 e. The van der Waals surface area contributed by atoms with E-state index in [9.17, 15) is 0 Å². The summed E-state index contributed by atoms with van der Waals surface area (Å²) in [6.07, 6.45) is 2.04. The van der Waals surface area contributed by atoms with Gasteiger partial charge in [-0.05, 0) is 179 Å². The number of para-hydroxylation sites is 2. The molecule has 15 aromatic rings. The van der Waals surface area contributed by atoms with Crippen molar-refractivity contribution in [3.63, 3.8) is 0 Å². The van der Waals surface area contributed by atoms with Gasteiger partial charge in [-0.25, -0.2) is 4.98 Å². The van der Waals surface area contributed by atoms with Gasteiger partial charge in [0.1, 0.15) is 5.82 Å². The largest absolute Gasteiger partial charge is 0.493 e. The molecule has 2 aliphatic heterocycles. The first-order chi connectivity index (χ1) is 51.9. The van der Waals surface area contributed by atoms with Crippen LogP contribution in [-0.4, -0.2) is 4.98 Å². The number of anilines is 10. The molecular weight excluding hydrogens is 1490 g/mol. The first-order valence-electron chi connectivity index (χ1n) is 37.2. The summed E-state index contributed by atoms with van der Waals surface area (Å²) in [4.78, 5) is 14.9. The van der Waals surface area contributed by atoms with E-state index in [1.54, 1.807) is 0 Å². The van der Waals surface area contributed by atoms with Crippen LogP contribution in [0.3, 0.4) is 0 Å². The van der Waals surface area contributed by atoms with Gasteiger partial charge < -0.3 is 19.6 Å². The van der Waals surface area contributed by atoms with E-state index in [0.717, 1.165) is 163 Å². The van der Waals surface area contributed by atoms with Gasteiger partial charge in [-0.3, -0.25) is 0 Å². The van der Waals surface area contributed by atoms with E-state index >= 15 is 0 Å². The molecule has 0 radical (unpaired) electrons. The third kappa shape index (κ3) is 13.7. The Morgan fingerprint density at radius 2 is 0.741 bits per heavy atom. The van der Waals surface area contributed by atoms with Crippen LogP contribution in [0.15, 0.2) is 340 Å². The maximum atomic E-state index is 5.35. The molecule has 0 N–H and O–H groups in total. The molecule has 14 aromatic carbocycles. The molecule has 3 heterocycles. The van der Waals surface area contributed by atoms with Crippen molar-refractivity contribution in [1.82, 2.24) is 4.98 Å². The average molecular weight is 1570 g/mol. The second-order valence-corrected chi connectivity index (χ2v) is 31.4. The third-order valence-corrected chi connectivity index (χ3v) is 21.1. The van der Waals surface area contributed by atoms with Gasteiger partial charge in [-0.1, -0.05) is 315 Å². The molecule has 17 rings (SSSR count). The van der Waals surface area contributed by atoms with Crippen LogP contribution in [-0.2, 0) is 37.3 Å². The van der Waals surface area contributed by atoms with Crippen molar-refractivity contribution in [2.24, 2.45) is 0 Å². The summed E-state index contributed by atoms with van der Waals surface area (Å²) in [5.41, 5.74) is 31.7. The number of fused-ring (bicyclic) bond motifs is 6. The van der Waals surface area contributed by atoms with Crippen molar-refractivity contribution in [3.8, 4) is 100 Å². The van der Waals surface area contributed by atoms with Crippen LogP contribution in [0, 0.1) is 18.8 Å². The van der Waals surface area contributed by atoms with Crippen molar-refractivity contribution < 1.29 is 21.1 Å². The number of rotatable bonds is 13. The van der Waals surface area contributed by atoms with Gasteiger partial charge in [0, 0.05) is 66.7 Å². The van der Waals surface area contributed by atoms with Gasteiger partial charge in [-0.15, -0.1) is 53.8 Å². The number of pyridine rings is 1. The van der Waals surface area contributed by atoms with Crippen LogP contribution in [0.25, 0.3) is 100 Å². The minimum atomic E-state index is -0.223. The average Bonchev–Trinajstić information content (AvgIpc) is 1.54. The molecule has 2 aliphatic rings. The van der Waals surface area contributed by atoms with E-state index in [4.69, 9.17) is 4.98 Å². The fraction of sp³-hybridized carbons (Fsp3) is 0.118. The van der Waals surface area contributed by atoms with Crippen LogP contribution in [0.5, 0.6) is 0 Å². The van der Waals surface area contributed by atoms with Crippen LogP contribution >= 0.6 is 0 Å². The van der Waals surface area contributed by atoms with E-state index in [-0.39, 0.29) is 37.3 Å². The van der Waals surface area contributed by atoms with E-state index in [1.165, 1.54) is 11.1 Å². The second-order valence-electron chi connectivity index (χ2n) is 31.4. The van der Waals surface area contributed by atoms with Crippen molar-refractivity contribution in [3.05, 3.63) is 375 Å². The Hall–Kier alpha value is -11.9. The molecule has 0 fully saturated rings. The molecule has 0 saturated heterocycles. The molecule has 0 saturated carbocycles. The molecule has 0 atom stereocenters. The fourth-order valence-corrected chi connectivity index (χ4v) is 15.3. The molecule has 530 valence electrons. The summed E-state index contributed by atoms with van der Waals surface area (Å²) < 4.78 is 0. The van der Waals surface area contributed by atoms with Crippen molar-refractivity contribution in [2.45, 2.75) is 78.6 Å². The molecule has 0 amide bonds. The zero-order valence-electron chi connectivity index (χ0n) is 62.5. The standard InChI is InChI=1S/C102H84N5.Pt/c1-100(2,3)81-49-53-95-97(64-81)105(99-92(75-41-29-39-73(55-75)69-31-15-10-16-32-69)62-83(102(7,8)9)63-93(99)76-42-30-40-74(56-76)70-33-17-11-18-34-70)68-104(95)86-60-80(79-58-77(71-35-19-12-20-36-71)57-78(59-79)72-37-21-13-22-38-72)61-87(65-86)106(84-43-23-14-24-44-84)85-51-52-91-89-46-26-25-45-88(89)90-47-27-28-48-94(90)107(96(91)66-85)98-54-50-82(67-103-98)101(4,5)6;/h10-64,67-68H,1-9H3;/q-3;. The van der Waals surface area contributed by atoms with Crippen LogP contribution < -0.4 is 19.6 Å². The van der Waals surface area contributed by atoms with Gasteiger partial charge in [0.25, 0.3) is 0 Å². The third-order valence-electron chi connectivity index (χ3n) is 21.1. The van der Waals surface area contributed by atoms with Crippen molar-refractivity contribution in [1.29, 1.82) is 0 Å². The molecule has 0 spiro atoms. The molecule has 1 aromatic heterocycles. The molecule has 6 heteroatoms. The fourth-order valence-electron chi connectivity index (χ4n) is 15.3. The van der Waals surface area contributed by atoms with E-state index in [1.807, 2.05) is 6.20 Å². The molecule has 0 unspecified atom stereocenters. The Morgan fingerprint density at radius 1 is 0.296 bits per heavy atom. The summed E-state index contributed by atoms with van der Waals surface area (Å²) in [5, 5.41) is 0. The number of hydrogen-bond acceptors (Lipinski definition) is 5. The number of benzene rings is 14. The predicted molar refractivity (Wildman–Crippen MR) is 451 cm³/mol. The summed E-state index contributed by atoms with van der Waals surface area (Å²) >= 11 is 0. The predicted octanol–water partition coefficient (Wildman–Crippen LogP) is 28.2. The van der Waals surface area contributed by atoms with Gasteiger partial charge in [0.15, 0.2) is 0 Å². The second kappa shape index (κ2) is 28.8. The zero-order valence-corrected chi connectivity index (χ0v) is 64.7. The van der Waals surface area contributed by atoms with Crippen LogP contribution in [0.4, 0.5) is 57.0 Å². The van der Waals surface area contributed by atoms with E-state index < -0.39 is 0 Å². The van der Waals surface area contributed by atoms with E-state index in [0.29, 0.717) is 0 Å². The summed E-state index contributed by atoms with van der Waals surface area (Å²) in [5.74, 6) is 0.803. The summed E-state index contributed by atoms with van der Waals surface area (Å²) in [6, 6.07) is 131. The Bertz CT molecular complexity index is 5630. The monoisotopic (exact) mass is 1570 g/mol. The smallest absolute Gasteiger partial charge is 0.135 e. The first kappa shape index (κ1) is 70.4. The van der Waals surface area contributed by atoms with Crippen LogP contribution in [0.2, 0.25) is 0 Å². The molecule has 5 nitrogen and oxygen atoms in total. The van der Waals surface area contributed by atoms with Gasteiger partial charge >= 0.3 is 0 Å². The Labute approximate surface area is 652 Å². The first-order valence-corrected chi connectivity index (χ1v) is 37.2. The minimum absolute atomic E-state index is 0. The van der Waals surface area contributed by atoms with Crippen LogP contribution in [0.1, 0.15) is 79.0 Å². The Kier molecular flexibility index (Phi) is 18.8. The summed E-state index contributed by atoms with van der Waals surface area (Å²) in [7, 11) is 0. The summed E-state index contributed by atoms with van der Waals surface area (Å²) in [6.45, 7) is 23.0. The molecular formula is C102H84N5Pt-3. The Balaban J connectivity index is 0.00000890. The quantitative estimate of drug-likeness (QED) is 0.107. The van der Waals surface area contributed by atoms with Gasteiger partial charge in [0.05, 0.1) is 5.69 Å². The van der Waals surface area contributed by atoms with Crippen molar-refractivity contribution in [2.75, 3.05) is 19.6 Å². The maximum Gasteiger partial charge on any atom is 0.135 e. The number of hydrogen-bond donors (Lipinski definition) is 0. The maximum absolute atomic E-state index is 5.35. The topological polar surface area (TPSA) is 25.9 Å². The number of nitrogens with zero attached hydrogens (tertiary/aromatic N) is 5. The Morgan fingerprint density at radius 3 is 1.27 bits per heavy atom.